The van der Waals surface area contributed by atoms with Gasteiger partial charge < -0.3 is 11.5 Å². The maximum Gasteiger partial charge on any atom is 0.240 e. The van der Waals surface area contributed by atoms with Crippen LogP contribution in [0.25, 0.3) is 0 Å². The normalized spacial score (nSPS) is 9.00. The maximum absolute atomic E-state index is 10.2. The standard InChI is InChI=1S/C5H11NO.C3H5NO.2CH4/c1-3-4(2)5(6)7;1-2-3(4)5;;/h4H,3H2,1-2H3,(H2,6,7);2H,1H2,(H2,4,5);2*1H4. The Balaban J connectivity index is -0.0000000651. The Labute approximate surface area is 87.4 Å². The molecular formula is C10H24N2O2. The van der Waals surface area contributed by atoms with Gasteiger partial charge in [0.25, 0.3) is 0 Å². The number of carbonyl (C=O) groups is 2. The topological polar surface area (TPSA) is 86.2 Å². The number of rotatable bonds is 3. The van der Waals surface area contributed by atoms with Crippen molar-refractivity contribution in [2.45, 2.75) is 35.1 Å². The van der Waals surface area contributed by atoms with E-state index in [9.17, 15) is 9.59 Å². The average molecular weight is 204 g/mol. The Morgan fingerprint density at radius 2 is 1.64 bits per heavy atom. The summed E-state index contributed by atoms with van der Waals surface area (Å²) in [6.45, 7) is 6.85. The fraction of sp³-hybridized carbons (Fsp3) is 0.600. The summed E-state index contributed by atoms with van der Waals surface area (Å²) in [5.74, 6) is -0.646. The SMILES string of the molecule is C.C.C=CC(N)=O.CCC(C)C(N)=O. The number of hydrogen-bond acceptors (Lipinski definition) is 2. The first-order chi connectivity index (χ1) is 5.45. The van der Waals surface area contributed by atoms with Crippen LogP contribution in [0.3, 0.4) is 0 Å². The van der Waals surface area contributed by atoms with E-state index in [-0.39, 0.29) is 26.7 Å². The van der Waals surface area contributed by atoms with Crippen LogP contribution in [0, 0.1) is 5.92 Å². The molecule has 0 aliphatic carbocycles. The Morgan fingerprint density at radius 1 is 1.36 bits per heavy atom. The van der Waals surface area contributed by atoms with Gasteiger partial charge in [0.15, 0.2) is 0 Å². The van der Waals surface area contributed by atoms with Gasteiger partial charge >= 0.3 is 0 Å². The molecule has 4 heteroatoms. The van der Waals surface area contributed by atoms with Gasteiger partial charge in [0.05, 0.1) is 0 Å². The van der Waals surface area contributed by atoms with E-state index in [1.807, 2.05) is 13.8 Å². The molecule has 1 atom stereocenters. The van der Waals surface area contributed by atoms with Crippen molar-refractivity contribution in [1.82, 2.24) is 0 Å². The van der Waals surface area contributed by atoms with Crippen LogP contribution in [0.2, 0.25) is 0 Å². The third kappa shape index (κ3) is 22.4. The number of hydrogen-bond donors (Lipinski definition) is 2. The van der Waals surface area contributed by atoms with E-state index < -0.39 is 5.91 Å². The molecule has 2 amide bonds. The van der Waals surface area contributed by atoms with Crippen molar-refractivity contribution < 1.29 is 9.59 Å². The van der Waals surface area contributed by atoms with Gasteiger partial charge in [0, 0.05) is 5.92 Å². The van der Waals surface area contributed by atoms with Crippen LogP contribution in [-0.4, -0.2) is 11.8 Å². The third-order valence-electron chi connectivity index (χ3n) is 1.30. The molecule has 0 radical (unpaired) electrons. The van der Waals surface area contributed by atoms with Crippen molar-refractivity contribution >= 4 is 11.8 Å². The molecule has 4 nitrogen and oxygen atoms in total. The molecule has 0 aliphatic rings. The summed E-state index contributed by atoms with van der Waals surface area (Å²) in [6, 6.07) is 0. The Morgan fingerprint density at radius 3 is 1.64 bits per heavy atom. The van der Waals surface area contributed by atoms with Crippen LogP contribution in [0.5, 0.6) is 0 Å². The molecule has 4 N–H and O–H groups in total. The van der Waals surface area contributed by atoms with E-state index >= 15 is 0 Å². The number of nitrogens with two attached hydrogens (primary N) is 2. The van der Waals surface area contributed by atoms with Gasteiger partial charge in [0.2, 0.25) is 11.8 Å². The second-order valence-electron chi connectivity index (χ2n) is 2.32. The monoisotopic (exact) mass is 204 g/mol. The number of carbonyl (C=O) groups excluding carboxylic acids is 2. The molecule has 14 heavy (non-hydrogen) atoms. The summed E-state index contributed by atoms with van der Waals surface area (Å²) in [4.78, 5) is 19.6. The fourth-order valence-electron chi connectivity index (χ4n) is 0.201. The fourth-order valence-corrected chi connectivity index (χ4v) is 0.201. The molecule has 0 aromatic rings. The van der Waals surface area contributed by atoms with Gasteiger partial charge in [-0.1, -0.05) is 35.3 Å². The van der Waals surface area contributed by atoms with Crippen LogP contribution < -0.4 is 11.5 Å². The highest BCUT2D eigenvalue weighted by atomic mass is 16.1. The predicted molar refractivity (Wildman–Crippen MR) is 61.5 cm³/mol. The molecular weight excluding hydrogens is 180 g/mol. The van der Waals surface area contributed by atoms with E-state index in [2.05, 4.69) is 12.3 Å². The number of amides is 2. The first kappa shape index (κ1) is 23.0. The van der Waals surface area contributed by atoms with Gasteiger partial charge in [-0.25, -0.2) is 0 Å². The lowest BCUT2D eigenvalue weighted by molar-refractivity contribution is -0.121. The highest BCUT2D eigenvalue weighted by molar-refractivity contribution is 5.84. The summed E-state index contributed by atoms with van der Waals surface area (Å²) in [5.41, 5.74) is 9.44. The lowest BCUT2D eigenvalue weighted by atomic mass is 10.1. The molecule has 1 unspecified atom stereocenters. The van der Waals surface area contributed by atoms with Crippen molar-refractivity contribution in [3.63, 3.8) is 0 Å². The zero-order valence-electron chi connectivity index (χ0n) is 7.54. The smallest absolute Gasteiger partial charge is 0.240 e. The Kier molecular flexibility index (Phi) is 23.3. The molecule has 86 valence electrons. The second-order valence-corrected chi connectivity index (χ2v) is 2.32. The predicted octanol–water partition coefficient (Wildman–Crippen LogP) is 1.45. The van der Waals surface area contributed by atoms with E-state index in [1.165, 1.54) is 0 Å². The molecule has 0 saturated carbocycles. The van der Waals surface area contributed by atoms with Crippen LogP contribution in [0.15, 0.2) is 12.7 Å². The quantitative estimate of drug-likeness (QED) is 0.682. The van der Waals surface area contributed by atoms with E-state index in [0.717, 1.165) is 12.5 Å². The summed E-state index contributed by atoms with van der Waals surface area (Å²) in [6.07, 6.45) is 1.90. The van der Waals surface area contributed by atoms with E-state index in [0.29, 0.717) is 0 Å². The molecule has 0 saturated heterocycles. The first-order valence-corrected chi connectivity index (χ1v) is 3.66. The molecule has 0 aliphatic heterocycles. The second kappa shape index (κ2) is 14.2. The van der Waals surface area contributed by atoms with Crippen LogP contribution >= 0.6 is 0 Å². The van der Waals surface area contributed by atoms with Gasteiger partial charge in [0.1, 0.15) is 0 Å². The van der Waals surface area contributed by atoms with Crippen LogP contribution in [0.1, 0.15) is 35.1 Å². The molecule has 0 heterocycles. The minimum absolute atomic E-state index is 0. The Hall–Kier alpha value is -1.32. The molecule has 0 spiro atoms. The van der Waals surface area contributed by atoms with Crippen LogP contribution in [-0.2, 0) is 9.59 Å². The van der Waals surface area contributed by atoms with Crippen molar-refractivity contribution in [2.24, 2.45) is 17.4 Å². The van der Waals surface area contributed by atoms with Gasteiger partial charge in [-0.3, -0.25) is 9.59 Å². The zero-order chi connectivity index (χ0) is 10.1. The van der Waals surface area contributed by atoms with E-state index in [1.54, 1.807) is 0 Å². The highest BCUT2D eigenvalue weighted by Crippen LogP contribution is 1.96. The lowest BCUT2D eigenvalue weighted by Gasteiger charge is -1.98. The zero-order valence-corrected chi connectivity index (χ0v) is 7.54. The summed E-state index contributed by atoms with van der Waals surface area (Å²) < 4.78 is 0. The van der Waals surface area contributed by atoms with Crippen molar-refractivity contribution in [3.05, 3.63) is 12.7 Å². The van der Waals surface area contributed by atoms with Gasteiger partial charge in [-0.2, -0.15) is 0 Å². The molecule has 0 rings (SSSR count). The van der Waals surface area contributed by atoms with Gasteiger partial charge in [-0.05, 0) is 12.5 Å². The van der Waals surface area contributed by atoms with Crippen molar-refractivity contribution in [3.8, 4) is 0 Å². The summed E-state index contributed by atoms with van der Waals surface area (Å²) in [5, 5.41) is 0. The lowest BCUT2D eigenvalue weighted by Crippen LogP contribution is -2.19. The minimum atomic E-state index is -0.481. The molecule has 0 bridgehead atoms. The van der Waals surface area contributed by atoms with E-state index in [4.69, 9.17) is 5.73 Å². The largest absolute Gasteiger partial charge is 0.369 e. The summed E-state index contributed by atoms with van der Waals surface area (Å²) in [7, 11) is 0. The summed E-state index contributed by atoms with van der Waals surface area (Å²) >= 11 is 0. The number of primary amides is 2. The van der Waals surface area contributed by atoms with Gasteiger partial charge in [-0.15, -0.1) is 0 Å². The van der Waals surface area contributed by atoms with Crippen molar-refractivity contribution in [2.75, 3.05) is 0 Å². The third-order valence-corrected chi connectivity index (χ3v) is 1.30. The highest BCUT2D eigenvalue weighted by Gasteiger charge is 2.02. The van der Waals surface area contributed by atoms with Crippen molar-refractivity contribution in [1.29, 1.82) is 0 Å². The molecule has 0 fully saturated rings. The minimum Gasteiger partial charge on any atom is -0.369 e. The molecule has 0 aromatic heterocycles. The molecule has 0 aromatic carbocycles. The Bertz CT molecular complexity index is 168. The van der Waals surface area contributed by atoms with Crippen LogP contribution in [0.4, 0.5) is 0 Å². The average Bonchev–Trinajstić information content (AvgIpc) is 2.04. The maximum atomic E-state index is 10.2. The first-order valence-electron chi connectivity index (χ1n) is 3.66.